The number of rotatable bonds is 25. The quantitative estimate of drug-likeness (QED) is 0.0359. The maximum absolute atomic E-state index is 10.6. The molecule has 452 valence electrons. The van der Waals surface area contributed by atoms with Gasteiger partial charge in [0.1, 0.15) is 18.5 Å². The minimum absolute atomic E-state index is 0. The maximum atomic E-state index is 10.6. The molecule has 78 heavy (non-hydrogen) atoms. The number of ether oxygens (including phenoxy) is 5. The monoisotopic (exact) mass is 1150 g/mol. The number of aldehydes is 1. The van der Waals surface area contributed by atoms with Crippen molar-refractivity contribution in [3.8, 4) is 0 Å². The Balaban J connectivity index is -0.000000885. The molecule has 4 rings (SSSR count). The van der Waals surface area contributed by atoms with Crippen molar-refractivity contribution < 1.29 is 56.8 Å². The molecule has 3 aromatic rings. The zero-order chi connectivity index (χ0) is 59.4. The van der Waals surface area contributed by atoms with Crippen molar-refractivity contribution in [2.75, 3.05) is 39.6 Å². The van der Waals surface area contributed by atoms with Gasteiger partial charge in [-0.15, -0.1) is 0 Å². The molecule has 0 spiro atoms. The Hall–Kier alpha value is -2.91. The molecule has 0 aliphatic carbocycles. The molecule has 1 aliphatic heterocycles. The van der Waals surface area contributed by atoms with Crippen LogP contribution in [-0.4, -0.2) is 118 Å². The molecule has 0 amide bonds. The molecule has 0 bridgehead atoms. The van der Waals surface area contributed by atoms with Crippen LogP contribution in [0.5, 0.6) is 0 Å². The molecular formula is C63H116O12Si3. The fourth-order valence-electron chi connectivity index (χ4n) is 5.57. The highest BCUT2D eigenvalue weighted by atomic mass is 28.4. The molecule has 0 aromatic heterocycles. The van der Waals surface area contributed by atoms with Crippen LogP contribution in [0.2, 0.25) is 54.4 Å². The fraction of sp³-hybridized carbons (Fsp3) is 0.683. The number of epoxide rings is 1. The van der Waals surface area contributed by atoms with Crippen molar-refractivity contribution in [1.29, 1.82) is 0 Å². The molecule has 0 saturated carbocycles. The van der Waals surface area contributed by atoms with Crippen molar-refractivity contribution in [2.45, 2.75) is 242 Å². The third-order valence-corrected chi connectivity index (χ3v) is 27.5. The summed E-state index contributed by atoms with van der Waals surface area (Å²) in [4.78, 5) is 20.5. The fourth-order valence-corrected chi connectivity index (χ4v) is 9.75. The van der Waals surface area contributed by atoms with Crippen LogP contribution < -0.4 is 0 Å². The molecule has 3 aromatic carbocycles. The van der Waals surface area contributed by atoms with E-state index in [4.69, 9.17) is 37.3 Å². The van der Waals surface area contributed by atoms with Gasteiger partial charge in [0.15, 0.2) is 25.0 Å². The topological polar surface area (TPSA) is 152 Å². The van der Waals surface area contributed by atoms with E-state index in [9.17, 15) is 14.7 Å². The van der Waals surface area contributed by atoms with Gasteiger partial charge < -0.3 is 52.0 Å². The van der Waals surface area contributed by atoms with E-state index in [1.165, 1.54) is 18.1 Å². The number of carbonyl (C=O) groups is 2. The number of hydrogen-bond donors (Lipinski definition) is 2. The summed E-state index contributed by atoms with van der Waals surface area (Å²) in [6.07, 6.45) is 4.40. The zero-order valence-corrected chi connectivity index (χ0v) is 55.3. The second-order valence-electron chi connectivity index (χ2n) is 23.9. The normalized spacial score (nSPS) is 14.8. The van der Waals surface area contributed by atoms with Gasteiger partial charge in [-0.05, 0) is 104 Å². The van der Waals surface area contributed by atoms with Gasteiger partial charge >= 0.3 is 5.97 Å². The summed E-state index contributed by atoms with van der Waals surface area (Å²) in [6, 6.07) is 30.4. The van der Waals surface area contributed by atoms with Crippen molar-refractivity contribution in [3.63, 3.8) is 0 Å². The van der Waals surface area contributed by atoms with E-state index < -0.39 is 25.0 Å². The highest BCUT2D eigenvalue weighted by Gasteiger charge is 2.40. The van der Waals surface area contributed by atoms with Crippen molar-refractivity contribution >= 4 is 37.2 Å². The largest absolute Gasteiger partial charge is 0.466 e. The van der Waals surface area contributed by atoms with Gasteiger partial charge in [0.05, 0.1) is 77.8 Å². The van der Waals surface area contributed by atoms with Gasteiger partial charge in [0.2, 0.25) is 0 Å². The molecule has 1 saturated heterocycles. The van der Waals surface area contributed by atoms with E-state index in [2.05, 4.69) is 138 Å². The Morgan fingerprint density at radius 3 is 1.23 bits per heavy atom. The number of esters is 1. The Bertz CT molecular complexity index is 1870. The minimum atomic E-state index is -1.74. The van der Waals surface area contributed by atoms with E-state index in [0.29, 0.717) is 45.7 Å². The molecule has 15 heteroatoms. The van der Waals surface area contributed by atoms with Crippen LogP contribution in [0.4, 0.5) is 0 Å². The summed E-state index contributed by atoms with van der Waals surface area (Å²) in [7, 11) is -5.11. The number of benzene rings is 3. The third-order valence-electron chi connectivity index (χ3n) is 13.9. The lowest BCUT2D eigenvalue weighted by Gasteiger charge is -2.39. The lowest BCUT2D eigenvalue weighted by atomic mass is 10.2. The molecule has 1 fully saturated rings. The Morgan fingerprint density at radius 2 is 0.949 bits per heavy atom. The van der Waals surface area contributed by atoms with Crippen molar-refractivity contribution in [3.05, 3.63) is 108 Å². The number of aliphatic hydroxyl groups excluding tert-OH is 2. The first-order valence-electron chi connectivity index (χ1n) is 28.2. The van der Waals surface area contributed by atoms with E-state index in [0.717, 1.165) is 50.7 Å². The SMILES string of the molecule is C.CCOC(C)=O.CC[C@@H](O)COCc1ccccc1.CC[C@H](C=O)O[Si](C)(C)C(C)(C)C.CC[C@H](CO)O[Si](C)(C)C(C)(C)C.CC[C@H](COCc1ccccc1)O[Si](C)(C)C(C)(C)C.c1ccc(COC[C@H]2CO2)cc1. The van der Waals surface area contributed by atoms with E-state index in [1.54, 1.807) is 6.92 Å². The van der Waals surface area contributed by atoms with Gasteiger partial charge in [0, 0.05) is 6.92 Å². The molecule has 1 aliphatic rings. The molecular weight excluding hydrogens is 1030 g/mol. The minimum Gasteiger partial charge on any atom is -0.466 e. The summed E-state index contributed by atoms with van der Waals surface area (Å²) in [5.41, 5.74) is 3.58. The average molecular weight is 1150 g/mol. The second kappa shape index (κ2) is 42.0. The van der Waals surface area contributed by atoms with Gasteiger partial charge in [-0.25, -0.2) is 0 Å². The van der Waals surface area contributed by atoms with Crippen molar-refractivity contribution in [1.82, 2.24) is 0 Å². The molecule has 12 nitrogen and oxygen atoms in total. The van der Waals surface area contributed by atoms with Gasteiger partial charge in [-0.2, -0.15) is 0 Å². The smallest absolute Gasteiger partial charge is 0.302 e. The predicted molar refractivity (Wildman–Crippen MR) is 334 cm³/mol. The van der Waals surface area contributed by atoms with E-state index >= 15 is 0 Å². The van der Waals surface area contributed by atoms with E-state index in [1.807, 2.05) is 87.5 Å². The molecule has 0 unspecified atom stereocenters. The van der Waals surface area contributed by atoms with Crippen LogP contribution >= 0.6 is 0 Å². The first kappa shape index (κ1) is 79.3. The molecule has 5 atom stereocenters. The summed E-state index contributed by atoms with van der Waals surface area (Å²) in [5, 5.41) is 18.9. The van der Waals surface area contributed by atoms with Gasteiger partial charge in [0.25, 0.3) is 0 Å². The predicted octanol–water partition coefficient (Wildman–Crippen LogP) is 15.5. The first-order chi connectivity index (χ1) is 35.8. The van der Waals surface area contributed by atoms with Crippen LogP contribution in [0.1, 0.15) is 154 Å². The average Bonchev–Trinajstić information content (AvgIpc) is 4.20. The second-order valence-corrected chi connectivity index (χ2v) is 38.2. The Morgan fingerprint density at radius 1 is 0.590 bits per heavy atom. The maximum Gasteiger partial charge on any atom is 0.302 e. The van der Waals surface area contributed by atoms with Gasteiger partial charge in [-0.3, -0.25) is 4.79 Å². The van der Waals surface area contributed by atoms with Crippen LogP contribution in [0.3, 0.4) is 0 Å². The van der Waals surface area contributed by atoms with Crippen LogP contribution in [0, 0.1) is 0 Å². The standard InChI is InChI=1S/C17H30O2Si.C11H16O2.C10H24O2Si.C10H22O2Si.C10H12O2.C4H8O2.CH4/c1-7-16(19-20(5,6)17(2,3)4)14-18-13-15-11-9-8-10-12-15;1-2-11(12)9-13-8-10-6-4-3-5-7-10;2*1-7-9(8-11)12-13(5,6)10(2,3)4;1-2-4-9(5-3-1)6-11-7-10-8-12-10;1-3-6-4(2)5;/h8-12,16H,7,13-14H2,1-6H3;3-7,11-12H,2,8-9H2,1H3;9,11H,7-8H2,1-6H3;8-9H,7H2,1-6H3;1-5,10H,6-8H2;3H2,1-2H3;1H4/t16-;11-;2*9-;10-;;/m11110../s1. The highest BCUT2D eigenvalue weighted by molar-refractivity contribution is 6.75. The Kier molecular flexibility index (Phi) is 42.7. The van der Waals surface area contributed by atoms with E-state index in [-0.39, 0.29) is 59.5 Å². The summed E-state index contributed by atoms with van der Waals surface area (Å²) in [6.45, 7) is 49.9. The van der Waals surface area contributed by atoms with Crippen LogP contribution in [0.15, 0.2) is 91.0 Å². The van der Waals surface area contributed by atoms with Crippen LogP contribution in [0.25, 0.3) is 0 Å². The number of carbonyl (C=O) groups excluding carboxylic acids is 2. The third kappa shape index (κ3) is 38.7. The van der Waals surface area contributed by atoms with Crippen LogP contribution in [-0.2, 0) is 66.4 Å². The Labute approximate surface area is 480 Å². The summed E-state index contributed by atoms with van der Waals surface area (Å²) < 4.78 is 44.3. The summed E-state index contributed by atoms with van der Waals surface area (Å²) in [5.74, 6) is -0.211. The zero-order valence-electron chi connectivity index (χ0n) is 52.3. The highest BCUT2D eigenvalue weighted by Crippen LogP contribution is 2.39. The lowest BCUT2D eigenvalue weighted by molar-refractivity contribution is -0.140. The molecule has 0 radical (unpaired) electrons. The number of hydrogen-bond acceptors (Lipinski definition) is 12. The first-order valence-corrected chi connectivity index (χ1v) is 36.9. The molecule has 1 heterocycles. The number of aliphatic hydroxyl groups is 2. The molecule has 2 N–H and O–H groups in total. The lowest BCUT2D eigenvalue weighted by Crippen LogP contribution is -2.44. The summed E-state index contributed by atoms with van der Waals surface area (Å²) >= 11 is 0. The van der Waals surface area contributed by atoms with Gasteiger partial charge in [-0.1, -0.05) is 188 Å². The van der Waals surface area contributed by atoms with Crippen molar-refractivity contribution in [2.24, 2.45) is 0 Å².